The molecule has 1 N–H and O–H groups in total. The Morgan fingerprint density at radius 3 is 2.52 bits per heavy atom. The van der Waals surface area contributed by atoms with Crippen LogP contribution >= 0.6 is 0 Å². The molecule has 4 rings (SSSR count). The van der Waals surface area contributed by atoms with E-state index in [1.807, 2.05) is 6.07 Å². The number of rotatable bonds is 6. The molecule has 2 atom stereocenters. The SMILES string of the molecule is CNC(=O)[C@@]1(Cc2cccc(-c3ccc(C)cc3)c2)CCN(C(=O)[C@H](C)N2CCCC2=O)C1. The first-order chi connectivity index (χ1) is 15.8. The fourth-order valence-corrected chi connectivity index (χ4v) is 5.21. The zero-order valence-corrected chi connectivity index (χ0v) is 19.8. The molecule has 3 amide bonds. The van der Waals surface area contributed by atoms with Gasteiger partial charge in [-0.1, -0.05) is 54.1 Å². The van der Waals surface area contributed by atoms with Crippen LogP contribution in [0.25, 0.3) is 11.1 Å². The van der Waals surface area contributed by atoms with Gasteiger partial charge in [0, 0.05) is 33.1 Å². The minimum Gasteiger partial charge on any atom is -0.359 e. The summed E-state index contributed by atoms with van der Waals surface area (Å²) in [6.45, 7) is 5.40. The second kappa shape index (κ2) is 9.38. The molecule has 6 nitrogen and oxygen atoms in total. The van der Waals surface area contributed by atoms with Crippen molar-refractivity contribution < 1.29 is 14.4 Å². The molecule has 2 fully saturated rings. The lowest BCUT2D eigenvalue weighted by Gasteiger charge is -2.30. The summed E-state index contributed by atoms with van der Waals surface area (Å²) < 4.78 is 0. The molecule has 0 unspecified atom stereocenters. The van der Waals surface area contributed by atoms with E-state index >= 15 is 0 Å². The highest BCUT2D eigenvalue weighted by atomic mass is 16.2. The van der Waals surface area contributed by atoms with E-state index in [1.165, 1.54) is 5.56 Å². The van der Waals surface area contributed by atoms with Crippen molar-refractivity contribution in [1.29, 1.82) is 0 Å². The zero-order valence-electron chi connectivity index (χ0n) is 19.8. The Kier molecular flexibility index (Phi) is 6.54. The van der Waals surface area contributed by atoms with Crippen LogP contribution in [0.1, 0.15) is 37.3 Å². The molecular formula is C27H33N3O3. The van der Waals surface area contributed by atoms with Crippen molar-refractivity contribution in [3.05, 3.63) is 59.7 Å². The van der Waals surface area contributed by atoms with Gasteiger partial charge in [0.25, 0.3) is 0 Å². The minimum absolute atomic E-state index is 0.0385. The molecule has 2 aliphatic heterocycles. The number of hydrogen-bond donors (Lipinski definition) is 1. The minimum atomic E-state index is -0.676. The van der Waals surface area contributed by atoms with Gasteiger partial charge in [0.15, 0.2) is 0 Å². The highest BCUT2D eigenvalue weighted by Crippen LogP contribution is 2.36. The van der Waals surface area contributed by atoms with Gasteiger partial charge in [-0.25, -0.2) is 0 Å². The van der Waals surface area contributed by atoms with Crippen LogP contribution in [0.15, 0.2) is 48.5 Å². The van der Waals surface area contributed by atoms with Crippen molar-refractivity contribution >= 4 is 17.7 Å². The van der Waals surface area contributed by atoms with E-state index in [0.29, 0.717) is 38.9 Å². The third kappa shape index (κ3) is 4.65. The summed E-state index contributed by atoms with van der Waals surface area (Å²) in [5, 5.41) is 2.83. The van der Waals surface area contributed by atoms with E-state index < -0.39 is 11.5 Å². The summed E-state index contributed by atoms with van der Waals surface area (Å²) >= 11 is 0. The second-order valence-corrected chi connectivity index (χ2v) is 9.48. The van der Waals surface area contributed by atoms with E-state index in [0.717, 1.165) is 23.1 Å². The smallest absolute Gasteiger partial charge is 0.245 e. The van der Waals surface area contributed by atoms with Gasteiger partial charge in [-0.3, -0.25) is 14.4 Å². The topological polar surface area (TPSA) is 69.7 Å². The van der Waals surface area contributed by atoms with Crippen molar-refractivity contribution in [2.24, 2.45) is 5.41 Å². The lowest BCUT2D eigenvalue weighted by atomic mass is 9.79. The first kappa shape index (κ1) is 23.0. The molecule has 33 heavy (non-hydrogen) atoms. The maximum absolute atomic E-state index is 13.2. The Balaban J connectivity index is 1.54. The predicted molar refractivity (Wildman–Crippen MR) is 128 cm³/mol. The summed E-state index contributed by atoms with van der Waals surface area (Å²) in [5.74, 6) is -0.0617. The highest BCUT2D eigenvalue weighted by Gasteiger charge is 2.47. The Bertz CT molecular complexity index is 1050. The van der Waals surface area contributed by atoms with Crippen LogP contribution in [-0.2, 0) is 20.8 Å². The summed E-state index contributed by atoms with van der Waals surface area (Å²) in [4.78, 5) is 41.8. The number of amides is 3. The van der Waals surface area contributed by atoms with Crippen molar-refractivity contribution in [1.82, 2.24) is 15.1 Å². The molecule has 0 spiro atoms. The molecular weight excluding hydrogens is 414 g/mol. The number of carbonyl (C=O) groups is 3. The summed E-state index contributed by atoms with van der Waals surface area (Å²) in [6.07, 6.45) is 2.48. The summed E-state index contributed by atoms with van der Waals surface area (Å²) in [5.41, 5.74) is 3.88. The summed E-state index contributed by atoms with van der Waals surface area (Å²) in [7, 11) is 1.66. The number of aryl methyl sites for hydroxylation is 1. The largest absolute Gasteiger partial charge is 0.359 e. The van der Waals surface area contributed by atoms with E-state index in [-0.39, 0.29) is 17.7 Å². The number of likely N-dealkylation sites (tertiary alicyclic amines) is 2. The van der Waals surface area contributed by atoms with Gasteiger partial charge in [0.1, 0.15) is 6.04 Å². The normalized spacial score (nSPS) is 21.4. The first-order valence-corrected chi connectivity index (χ1v) is 11.8. The van der Waals surface area contributed by atoms with Gasteiger partial charge in [-0.15, -0.1) is 0 Å². The fraction of sp³-hybridized carbons (Fsp3) is 0.444. The van der Waals surface area contributed by atoms with Crippen molar-refractivity contribution in [2.45, 2.75) is 45.6 Å². The van der Waals surface area contributed by atoms with Gasteiger partial charge in [-0.2, -0.15) is 0 Å². The van der Waals surface area contributed by atoms with Crippen molar-refractivity contribution in [3.8, 4) is 11.1 Å². The van der Waals surface area contributed by atoms with Gasteiger partial charge in [0.05, 0.1) is 5.41 Å². The van der Waals surface area contributed by atoms with E-state index in [1.54, 1.807) is 23.8 Å². The van der Waals surface area contributed by atoms with Crippen LogP contribution in [0.4, 0.5) is 0 Å². The molecule has 2 aliphatic rings. The molecule has 0 aromatic heterocycles. The van der Waals surface area contributed by atoms with Gasteiger partial charge in [-0.05, 0) is 49.8 Å². The molecule has 0 saturated carbocycles. The molecule has 2 aromatic rings. The Hall–Kier alpha value is -3.15. The van der Waals surface area contributed by atoms with Crippen LogP contribution in [0.5, 0.6) is 0 Å². The maximum atomic E-state index is 13.2. The highest BCUT2D eigenvalue weighted by molar-refractivity contribution is 5.90. The predicted octanol–water partition coefficient (Wildman–Crippen LogP) is 3.18. The average molecular weight is 448 g/mol. The quantitative estimate of drug-likeness (QED) is 0.740. The molecule has 0 radical (unpaired) electrons. The van der Waals surface area contributed by atoms with Gasteiger partial charge in [0.2, 0.25) is 17.7 Å². The molecule has 0 aliphatic carbocycles. The molecule has 174 valence electrons. The van der Waals surface area contributed by atoms with Gasteiger partial charge < -0.3 is 15.1 Å². The second-order valence-electron chi connectivity index (χ2n) is 9.48. The van der Waals surface area contributed by atoms with E-state index in [2.05, 4.69) is 54.7 Å². The van der Waals surface area contributed by atoms with Crippen LogP contribution in [0.2, 0.25) is 0 Å². The van der Waals surface area contributed by atoms with Crippen LogP contribution in [-0.4, -0.2) is 60.2 Å². The molecule has 0 bridgehead atoms. The third-order valence-corrected chi connectivity index (χ3v) is 7.16. The van der Waals surface area contributed by atoms with Crippen molar-refractivity contribution in [3.63, 3.8) is 0 Å². The van der Waals surface area contributed by atoms with E-state index in [4.69, 9.17) is 0 Å². The van der Waals surface area contributed by atoms with Crippen LogP contribution in [0, 0.1) is 12.3 Å². The molecule has 2 aromatic carbocycles. The molecule has 2 saturated heterocycles. The standard InChI is InChI=1S/C27H33N3O3/c1-19-9-11-22(12-10-19)23-7-4-6-21(16-23)17-27(26(33)28-3)13-15-29(18-27)25(32)20(2)30-14-5-8-24(30)31/h4,6-7,9-12,16,20H,5,8,13-15,17-18H2,1-3H3,(H,28,33)/t20-,27+/m0/s1. The Labute approximate surface area is 196 Å². The lowest BCUT2D eigenvalue weighted by molar-refractivity contribution is -0.142. The number of benzene rings is 2. The average Bonchev–Trinajstić information content (AvgIpc) is 3.45. The third-order valence-electron chi connectivity index (χ3n) is 7.16. The fourth-order valence-electron chi connectivity index (χ4n) is 5.21. The zero-order chi connectivity index (χ0) is 23.6. The van der Waals surface area contributed by atoms with E-state index in [9.17, 15) is 14.4 Å². The van der Waals surface area contributed by atoms with Crippen LogP contribution in [0.3, 0.4) is 0 Å². The van der Waals surface area contributed by atoms with Gasteiger partial charge >= 0.3 is 0 Å². The maximum Gasteiger partial charge on any atom is 0.245 e. The Morgan fingerprint density at radius 1 is 1.09 bits per heavy atom. The van der Waals surface area contributed by atoms with Crippen LogP contribution < -0.4 is 5.32 Å². The number of hydrogen-bond acceptors (Lipinski definition) is 3. The Morgan fingerprint density at radius 2 is 1.85 bits per heavy atom. The number of nitrogens with zero attached hydrogens (tertiary/aromatic N) is 2. The monoisotopic (exact) mass is 447 g/mol. The summed E-state index contributed by atoms with van der Waals surface area (Å²) in [6, 6.07) is 16.2. The molecule has 2 heterocycles. The molecule has 6 heteroatoms. The first-order valence-electron chi connectivity index (χ1n) is 11.8. The number of nitrogens with one attached hydrogen (secondary N) is 1. The lowest BCUT2D eigenvalue weighted by Crippen LogP contribution is -2.49. The number of carbonyl (C=O) groups excluding carboxylic acids is 3. The van der Waals surface area contributed by atoms with Crippen molar-refractivity contribution in [2.75, 3.05) is 26.7 Å².